The molecule has 0 atom stereocenters. The topological polar surface area (TPSA) is 43.1 Å². The first-order valence-electron chi connectivity index (χ1n) is 4.84. The van der Waals surface area contributed by atoms with Gasteiger partial charge in [0.05, 0.1) is 10.6 Å². The molecular formula is C12H16ClNO. The zero-order valence-electron chi connectivity index (χ0n) is 9.52. The molecule has 0 radical (unpaired) electrons. The van der Waals surface area contributed by atoms with Gasteiger partial charge in [-0.1, -0.05) is 38.4 Å². The largest absolute Gasteiger partial charge is 0.366 e. The summed E-state index contributed by atoms with van der Waals surface area (Å²) in [5, 5.41) is 0.454. The van der Waals surface area contributed by atoms with Crippen LogP contribution < -0.4 is 5.73 Å². The Morgan fingerprint density at radius 2 is 1.87 bits per heavy atom. The number of hydrogen-bond donors (Lipinski definition) is 1. The van der Waals surface area contributed by atoms with Crippen LogP contribution in [0.15, 0.2) is 12.1 Å². The fourth-order valence-electron chi connectivity index (χ4n) is 1.38. The molecule has 82 valence electrons. The van der Waals surface area contributed by atoms with Crippen molar-refractivity contribution in [2.24, 2.45) is 5.73 Å². The Morgan fingerprint density at radius 3 is 2.27 bits per heavy atom. The number of carbonyl (C=O) groups excluding carboxylic acids is 1. The van der Waals surface area contributed by atoms with Gasteiger partial charge in [0.1, 0.15) is 0 Å². The van der Waals surface area contributed by atoms with Gasteiger partial charge >= 0.3 is 0 Å². The number of primary amides is 1. The number of amides is 1. The molecule has 2 N–H and O–H groups in total. The van der Waals surface area contributed by atoms with E-state index < -0.39 is 5.91 Å². The van der Waals surface area contributed by atoms with E-state index in [-0.39, 0.29) is 5.41 Å². The first-order chi connectivity index (χ1) is 6.73. The third-order valence-electron chi connectivity index (χ3n) is 2.39. The Bertz CT molecular complexity index is 405. The molecular weight excluding hydrogens is 210 g/mol. The molecule has 2 nitrogen and oxygen atoms in total. The highest BCUT2D eigenvalue weighted by Crippen LogP contribution is 2.29. The van der Waals surface area contributed by atoms with Crippen molar-refractivity contribution >= 4 is 17.5 Å². The van der Waals surface area contributed by atoms with Crippen LogP contribution >= 0.6 is 11.6 Å². The Balaban J connectivity index is 3.43. The van der Waals surface area contributed by atoms with Gasteiger partial charge in [-0.15, -0.1) is 0 Å². The molecule has 0 bridgehead atoms. The number of rotatable bonds is 1. The quantitative estimate of drug-likeness (QED) is 0.785. The summed E-state index contributed by atoms with van der Waals surface area (Å²) in [4.78, 5) is 11.2. The van der Waals surface area contributed by atoms with E-state index in [1.165, 1.54) is 0 Å². The van der Waals surface area contributed by atoms with Gasteiger partial charge in [0, 0.05) is 0 Å². The van der Waals surface area contributed by atoms with Gasteiger partial charge < -0.3 is 5.73 Å². The van der Waals surface area contributed by atoms with Crippen molar-refractivity contribution in [2.75, 3.05) is 0 Å². The van der Waals surface area contributed by atoms with E-state index in [1.54, 1.807) is 6.07 Å². The first kappa shape index (κ1) is 12.1. The van der Waals surface area contributed by atoms with Crippen LogP contribution in [0.1, 0.15) is 42.3 Å². The molecule has 0 heterocycles. The maximum atomic E-state index is 11.2. The molecule has 0 aliphatic heterocycles. The zero-order valence-corrected chi connectivity index (χ0v) is 10.3. The second-order valence-electron chi connectivity index (χ2n) is 4.77. The minimum atomic E-state index is -0.478. The molecule has 15 heavy (non-hydrogen) atoms. The molecule has 0 saturated heterocycles. The summed E-state index contributed by atoms with van der Waals surface area (Å²) in [5.41, 5.74) is 7.62. The molecule has 0 unspecified atom stereocenters. The summed E-state index contributed by atoms with van der Waals surface area (Å²) in [6.45, 7) is 8.13. The number of carbonyl (C=O) groups is 1. The molecule has 0 spiro atoms. The van der Waals surface area contributed by atoms with Crippen molar-refractivity contribution in [3.8, 4) is 0 Å². The van der Waals surface area contributed by atoms with E-state index in [0.717, 1.165) is 11.1 Å². The number of aryl methyl sites for hydroxylation is 1. The first-order valence-corrected chi connectivity index (χ1v) is 5.21. The Labute approximate surface area is 95.4 Å². The van der Waals surface area contributed by atoms with Crippen LogP contribution in [0.4, 0.5) is 0 Å². The van der Waals surface area contributed by atoms with E-state index in [4.69, 9.17) is 17.3 Å². The van der Waals surface area contributed by atoms with Crippen molar-refractivity contribution in [3.05, 3.63) is 33.8 Å². The molecule has 1 aromatic rings. The van der Waals surface area contributed by atoms with Gasteiger partial charge in [0.25, 0.3) is 0 Å². The molecule has 0 aliphatic carbocycles. The van der Waals surface area contributed by atoms with Crippen molar-refractivity contribution in [1.29, 1.82) is 0 Å². The van der Waals surface area contributed by atoms with E-state index in [2.05, 4.69) is 20.8 Å². The van der Waals surface area contributed by atoms with Crippen molar-refractivity contribution < 1.29 is 4.79 Å². The van der Waals surface area contributed by atoms with Crippen LogP contribution in [-0.4, -0.2) is 5.91 Å². The minimum Gasteiger partial charge on any atom is -0.366 e. The van der Waals surface area contributed by atoms with Crippen molar-refractivity contribution in [3.63, 3.8) is 0 Å². The smallest absolute Gasteiger partial charge is 0.250 e. The second kappa shape index (κ2) is 3.86. The van der Waals surface area contributed by atoms with Crippen LogP contribution in [0.3, 0.4) is 0 Å². The SMILES string of the molecule is Cc1cc(C(C)(C)C)cc(C(N)=O)c1Cl. The van der Waals surface area contributed by atoms with Gasteiger partial charge in [0.2, 0.25) is 5.91 Å². The lowest BCUT2D eigenvalue weighted by Crippen LogP contribution is -2.17. The zero-order chi connectivity index (χ0) is 11.8. The molecule has 0 aliphatic rings. The fraction of sp³-hybridized carbons (Fsp3) is 0.417. The van der Waals surface area contributed by atoms with E-state index in [1.807, 2.05) is 13.0 Å². The number of benzene rings is 1. The standard InChI is InChI=1S/C12H16ClNO/c1-7-5-8(12(2,3)4)6-9(10(7)13)11(14)15/h5-6H,1-4H3,(H2,14,15). The van der Waals surface area contributed by atoms with Gasteiger partial charge in [-0.2, -0.15) is 0 Å². The highest BCUT2D eigenvalue weighted by molar-refractivity contribution is 6.34. The maximum absolute atomic E-state index is 11.2. The van der Waals surface area contributed by atoms with Crippen LogP contribution in [0, 0.1) is 6.92 Å². The summed E-state index contributed by atoms with van der Waals surface area (Å²) in [7, 11) is 0. The van der Waals surface area contributed by atoms with E-state index >= 15 is 0 Å². The molecule has 3 heteroatoms. The van der Waals surface area contributed by atoms with Gasteiger partial charge in [-0.25, -0.2) is 0 Å². The molecule has 0 aromatic heterocycles. The number of hydrogen-bond acceptors (Lipinski definition) is 1. The van der Waals surface area contributed by atoms with Gasteiger partial charge in [0.15, 0.2) is 0 Å². The average Bonchev–Trinajstić information content (AvgIpc) is 2.06. The fourth-order valence-corrected chi connectivity index (χ4v) is 1.58. The summed E-state index contributed by atoms with van der Waals surface area (Å²) in [6, 6.07) is 3.77. The van der Waals surface area contributed by atoms with Crippen LogP contribution in [0.5, 0.6) is 0 Å². The molecule has 1 rings (SSSR count). The Hall–Kier alpha value is -1.02. The van der Waals surface area contributed by atoms with Gasteiger partial charge in [-0.3, -0.25) is 4.79 Å². The molecule has 0 saturated carbocycles. The van der Waals surface area contributed by atoms with Crippen LogP contribution in [0.25, 0.3) is 0 Å². The highest BCUT2D eigenvalue weighted by Gasteiger charge is 2.18. The molecule has 0 fully saturated rings. The number of nitrogens with two attached hydrogens (primary N) is 1. The average molecular weight is 226 g/mol. The molecule has 1 amide bonds. The van der Waals surface area contributed by atoms with E-state index in [0.29, 0.717) is 10.6 Å². The highest BCUT2D eigenvalue weighted by atomic mass is 35.5. The second-order valence-corrected chi connectivity index (χ2v) is 5.15. The van der Waals surface area contributed by atoms with Crippen LogP contribution in [0.2, 0.25) is 5.02 Å². The lowest BCUT2D eigenvalue weighted by Gasteiger charge is -2.21. The van der Waals surface area contributed by atoms with Crippen LogP contribution in [-0.2, 0) is 5.41 Å². The third kappa shape index (κ3) is 2.51. The van der Waals surface area contributed by atoms with E-state index in [9.17, 15) is 4.79 Å². The summed E-state index contributed by atoms with van der Waals surface area (Å²) in [6.07, 6.45) is 0. The Kier molecular flexibility index (Phi) is 3.10. The summed E-state index contributed by atoms with van der Waals surface area (Å²) >= 11 is 6.01. The predicted octanol–water partition coefficient (Wildman–Crippen LogP) is 3.04. The Morgan fingerprint density at radius 1 is 1.33 bits per heavy atom. The lowest BCUT2D eigenvalue weighted by molar-refractivity contribution is 0.1000. The summed E-state index contributed by atoms with van der Waals surface area (Å²) < 4.78 is 0. The predicted molar refractivity (Wildman–Crippen MR) is 63.4 cm³/mol. The van der Waals surface area contributed by atoms with Crippen molar-refractivity contribution in [2.45, 2.75) is 33.1 Å². The normalized spacial score (nSPS) is 11.5. The summed E-state index contributed by atoms with van der Waals surface area (Å²) in [5.74, 6) is -0.478. The third-order valence-corrected chi connectivity index (χ3v) is 2.89. The maximum Gasteiger partial charge on any atom is 0.250 e. The molecule has 1 aromatic carbocycles. The monoisotopic (exact) mass is 225 g/mol. The minimum absolute atomic E-state index is 0.0143. The van der Waals surface area contributed by atoms with Gasteiger partial charge in [-0.05, 0) is 29.5 Å². The van der Waals surface area contributed by atoms with Crippen molar-refractivity contribution in [1.82, 2.24) is 0 Å². The lowest BCUT2D eigenvalue weighted by atomic mass is 9.85. The number of halogens is 1.